The lowest BCUT2D eigenvalue weighted by Gasteiger charge is -2.32. The van der Waals surface area contributed by atoms with E-state index >= 15 is 0 Å². The molecule has 0 radical (unpaired) electrons. The zero-order valence-corrected chi connectivity index (χ0v) is 28.2. The number of urea groups is 1. The number of amides is 4. The van der Waals surface area contributed by atoms with Gasteiger partial charge in [0.25, 0.3) is 0 Å². The first kappa shape index (κ1) is 36.0. The Kier molecular flexibility index (Phi) is 13.8. The van der Waals surface area contributed by atoms with Gasteiger partial charge in [0.05, 0.1) is 12.4 Å². The summed E-state index contributed by atoms with van der Waals surface area (Å²) < 4.78 is 11.1. The molecule has 1 aromatic carbocycles. The van der Waals surface area contributed by atoms with Crippen molar-refractivity contribution in [3.63, 3.8) is 0 Å². The summed E-state index contributed by atoms with van der Waals surface area (Å²) in [4.78, 5) is 60.6. The molecule has 1 fully saturated rings. The summed E-state index contributed by atoms with van der Waals surface area (Å²) in [6.45, 7) is 11.0. The Labute approximate surface area is 273 Å². The van der Waals surface area contributed by atoms with Crippen LogP contribution in [0.1, 0.15) is 40.2 Å². The number of hydrogen-bond donors (Lipinski definition) is 2. The molecule has 1 atom stereocenters. The number of hydrogen-bond acceptors (Lipinski definition) is 10. The van der Waals surface area contributed by atoms with Crippen LogP contribution in [0.3, 0.4) is 0 Å². The number of piperazine rings is 1. The van der Waals surface area contributed by atoms with Gasteiger partial charge in [-0.3, -0.25) is 14.7 Å². The minimum atomic E-state index is -0.919. The third kappa shape index (κ3) is 13.2. The van der Waals surface area contributed by atoms with Crippen LogP contribution in [0.25, 0.3) is 0 Å². The van der Waals surface area contributed by atoms with Crippen LogP contribution < -0.4 is 15.8 Å². The van der Waals surface area contributed by atoms with E-state index in [2.05, 4.69) is 24.1 Å². The fraction of sp³-hybridized carbons (Fsp3) is 0.516. The molecular weight excluding hydrogens is 617 g/mol. The van der Waals surface area contributed by atoms with Crippen LogP contribution in [0, 0.1) is 0 Å². The Bertz CT molecular complexity index is 1270. The third-order valence-electron chi connectivity index (χ3n) is 6.45. The molecule has 0 saturated carbocycles. The molecule has 0 bridgehead atoms. The Balaban J connectivity index is 1.63. The van der Waals surface area contributed by atoms with Crippen LogP contribution in [0.2, 0.25) is 0 Å². The number of benzene rings is 1. The van der Waals surface area contributed by atoms with Crippen molar-refractivity contribution >= 4 is 47.5 Å². The summed E-state index contributed by atoms with van der Waals surface area (Å²) in [5.41, 5.74) is 5.32. The molecule has 14 heteroatoms. The average molecular weight is 661 g/mol. The summed E-state index contributed by atoms with van der Waals surface area (Å²) >= 11 is 3.33. The second-order valence-electron chi connectivity index (χ2n) is 11.8. The van der Waals surface area contributed by atoms with E-state index in [-0.39, 0.29) is 18.9 Å². The number of nitrogens with zero attached hydrogens (tertiary/aromatic N) is 4. The number of aromatic nitrogens is 1. The van der Waals surface area contributed by atoms with E-state index < -0.39 is 29.7 Å². The van der Waals surface area contributed by atoms with E-state index in [1.54, 1.807) is 81.0 Å². The third-order valence-corrected chi connectivity index (χ3v) is 8.70. The van der Waals surface area contributed by atoms with Crippen LogP contribution in [0.4, 0.5) is 9.59 Å². The van der Waals surface area contributed by atoms with Gasteiger partial charge in [0.2, 0.25) is 5.91 Å². The average Bonchev–Trinajstić information content (AvgIpc) is 2.98. The summed E-state index contributed by atoms with van der Waals surface area (Å²) in [6.07, 6.45) is 3.18. The molecule has 1 saturated heterocycles. The first-order valence-corrected chi connectivity index (χ1v) is 16.8. The van der Waals surface area contributed by atoms with Crippen molar-refractivity contribution in [3.05, 3.63) is 54.4 Å². The molecule has 1 aliphatic heterocycles. The number of pyridine rings is 1. The Morgan fingerprint density at radius 1 is 1.02 bits per heavy atom. The van der Waals surface area contributed by atoms with Gasteiger partial charge in [-0.1, -0.05) is 26.0 Å². The number of ether oxygens (including phenoxy) is 2. The zero-order valence-electron chi connectivity index (χ0n) is 26.6. The maximum absolute atomic E-state index is 13.3. The second-order valence-corrected chi connectivity index (χ2v) is 14.4. The minimum Gasteiger partial charge on any atom is -0.458 e. The van der Waals surface area contributed by atoms with Crippen LogP contribution in [-0.2, 0) is 20.7 Å². The van der Waals surface area contributed by atoms with Crippen LogP contribution in [0.5, 0.6) is 5.75 Å². The van der Waals surface area contributed by atoms with Crippen molar-refractivity contribution in [2.75, 3.05) is 44.5 Å². The first-order chi connectivity index (χ1) is 21.3. The van der Waals surface area contributed by atoms with Crippen LogP contribution in [-0.4, -0.2) is 105 Å². The minimum absolute atomic E-state index is 0.106. The molecule has 2 aromatic rings. The zero-order chi connectivity index (χ0) is 33.0. The Hall–Kier alpha value is -3.49. The van der Waals surface area contributed by atoms with Crippen LogP contribution in [0.15, 0.2) is 53.7 Å². The van der Waals surface area contributed by atoms with E-state index in [1.807, 2.05) is 17.0 Å². The van der Waals surface area contributed by atoms with Crippen LogP contribution >= 0.6 is 23.5 Å². The number of nitrogens with two attached hydrogens (primary N) is 1. The number of carbonyl (C=O) groups is 4. The number of esters is 1. The molecular formula is C31H44N6O6S2. The van der Waals surface area contributed by atoms with Crippen molar-refractivity contribution in [2.45, 2.75) is 62.8 Å². The maximum Gasteiger partial charge on any atom is 0.415 e. The van der Waals surface area contributed by atoms with E-state index in [9.17, 15) is 19.2 Å². The molecule has 3 N–H and O–H groups in total. The van der Waals surface area contributed by atoms with Gasteiger partial charge in [0.1, 0.15) is 17.4 Å². The molecule has 4 amide bonds. The lowest BCUT2D eigenvalue weighted by atomic mass is 10.1. The van der Waals surface area contributed by atoms with Crippen molar-refractivity contribution in [1.82, 2.24) is 25.0 Å². The van der Waals surface area contributed by atoms with E-state index in [4.69, 9.17) is 15.2 Å². The quantitative estimate of drug-likeness (QED) is 0.185. The predicted octanol–water partition coefficient (Wildman–Crippen LogP) is 3.80. The molecule has 246 valence electrons. The number of thioether (sulfide) groups is 2. The normalized spacial score (nSPS) is 14.3. The lowest BCUT2D eigenvalue weighted by molar-refractivity contribution is -0.158. The van der Waals surface area contributed by atoms with Gasteiger partial charge < -0.3 is 30.3 Å². The number of primary amides is 1. The Morgan fingerprint density at radius 2 is 1.69 bits per heavy atom. The SMILES string of the molecule is CC(C)SCN(CSc1cccnc1)CC(=O)NC(Cc1ccc(OC(=O)N2CCN(C(N)=O)CC2)cc1)C(=O)OC(C)(C)C. The van der Waals surface area contributed by atoms with Gasteiger partial charge >= 0.3 is 18.1 Å². The highest BCUT2D eigenvalue weighted by Gasteiger charge is 2.28. The monoisotopic (exact) mass is 660 g/mol. The van der Waals surface area contributed by atoms with Crippen molar-refractivity contribution < 1.29 is 28.7 Å². The standard InChI is InChI=1S/C31H44N6O6S2/c1-22(2)44-20-35(21-45-25-7-6-12-33-18-25)19-27(38)34-26(28(39)43-31(3,4)5)17-23-8-10-24(11-9-23)42-30(41)37-15-13-36(14-16-37)29(32)40/h6-12,18,22,26H,13-17,19-21H2,1-5H3,(H2,32,40)(H,34,38). The summed E-state index contributed by atoms with van der Waals surface area (Å²) in [6, 6.07) is 9.18. The summed E-state index contributed by atoms with van der Waals surface area (Å²) in [7, 11) is 0. The topological polar surface area (TPSA) is 147 Å². The predicted molar refractivity (Wildman–Crippen MR) is 176 cm³/mol. The molecule has 45 heavy (non-hydrogen) atoms. The number of rotatable bonds is 13. The largest absolute Gasteiger partial charge is 0.458 e. The number of nitrogens with one attached hydrogen (secondary N) is 1. The van der Waals surface area contributed by atoms with E-state index in [0.29, 0.717) is 48.9 Å². The van der Waals surface area contributed by atoms with E-state index in [1.165, 1.54) is 9.80 Å². The maximum atomic E-state index is 13.3. The molecule has 0 aliphatic carbocycles. The fourth-order valence-electron chi connectivity index (χ4n) is 4.19. The molecule has 12 nitrogen and oxygen atoms in total. The van der Waals surface area contributed by atoms with Gasteiger partial charge in [-0.25, -0.2) is 14.4 Å². The molecule has 2 heterocycles. The van der Waals surface area contributed by atoms with Gasteiger partial charge in [-0.05, 0) is 50.6 Å². The Morgan fingerprint density at radius 3 is 2.27 bits per heavy atom. The van der Waals surface area contributed by atoms with E-state index in [0.717, 1.165) is 10.5 Å². The molecule has 1 unspecified atom stereocenters. The first-order valence-electron chi connectivity index (χ1n) is 14.8. The summed E-state index contributed by atoms with van der Waals surface area (Å²) in [5.74, 6) is 0.745. The second kappa shape index (κ2) is 17.3. The molecule has 0 spiro atoms. The van der Waals surface area contributed by atoms with Gasteiger partial charge in [0, 0.05) is 61.0 Å². The highest BCUT2D eigenvalue weighted by atomic mass is 32.2. The van der Waals surface area contributed by atoms with Crippen molar-refractivity contribution in [3.8, 4) is 5.75 Å². The highest BCUT2D eigenvalue weighted by Crippen LogP contribution is 2.21. The molecule has 1 aliphatic rings. The fourth-order valence-corrected chi connectivity index (χ4v) is 5.83. The lowest BCUT2D eigenvalue weighted by Crippen LogP contribution is -2.52. The summed E-state index contributed by atoms with van der Waals surface area (Å²) in [5, 5.41) is 3.28. The highest BCUT2D eigenvalue weighted by molar-refractivity contribution is 8.00. The van der Waals surface area contributed by atoms with Gasteiger partial charge in [-0.15, -0.1) is 23.5 Å². The molecule has 3 rings (SSSR count). The van der Waals surface area contributed by atoms with Gasteiger partial charge in [0.15, 0.2) is 0 Å². The van der Waals surface area contributed by atoms with Crippen molar-refractivity contribution in [2.24, 2.45) is 5.73 Å². The number of carbonyl (C=O) groups excluding carboxylic acids is 4. The van der Waals surface area contributed by atoms with Gasteiger partial charge in [-0.2, -0.15) is 0 Å². The van der Waals surface area contributed by atoms with Crippen molar-refractivity contribution in [1.29, 1.82) is 0 Å². The molecule has 1 aromatic heterocycles. The smallest absolute Gasteiger partial charge is 0.415 e.